The summed E-state index contributed by atoms with van der Waals surface area (Å²) in [6.45, 7) is 11.5. The number of rotatable bonds is 4. The molecule has 0 spiro atoms. The van der Waals surface area contributed by atoms with Crippen molar-refractivity contribution in [1.82, 2.24) is 15.2 Å². The van der Waals surface area contributed by atoms with Crippen LogP contribution in [-0.4, -0.2) is 54.1 Å². The van der Waals surface area contributed by atoms with Gasteiger partial charge < -0.3 is 19.9 Å². The number of halogens is 1. The zero-order valence-corrected chi connectivity index (χ0v) is 18.6. The number of hydrogen-bond donors (Lipinski definition) is 1. The third kappa shape index (κ3) is 4.13. The molecule has 1 N–H and O–H groups in total. The molecule has 2 fully saturated rings. The molecule has 32 heavy (non-hydrogen) atoms. The predicted molar refractivity (Wildman–Crippen MR) is 124 cm³/mol. The van der Waals surface area contributed by atoms with Crippen LogP contribution >= 0.6 is 11.6 Å². The van der Waals surface area contributed by atoms with Crippen LogP contribution in [0.1, 0.15) is 41.7 Å². The van der Waals surface area contributed by atoms with E-state index in [1.165, 1.54) is 0 Å². The summed E-state index contributed by atoms with van der Waals surface area (Å²) in [4.78, 5) is 25.5. The van der Waals surface area contributed by atoms with Crippen molar-refractivity contribution in [2.45, 2.75) is 44.4 Å². The van der Waals surface area contributed by atoms with Gasteiger partial charge in [0.25, 0.3) is 5.91 Å². The van der Waals surface area contributed by atoms with Gasteiger partial charge in [0.05, 0.1) is 35.5 Å². The van der Waals surface area contributed by atoms with E-state index in [2.05, 4.69) is 15.1 Å². The number of benzene rings is 1. The molecule has 0 atom stereocenters. The van der Waals surface area contributed by atoms with Crippen LogP contribution in [0.4, 0.5) is 11.5 Å². The number of nitrogens with zero attached hydrogens (tertiary/aromatic N) is 4. The standard InChI is InChI=1S/C24H26ClN5O2/c1-26-21-8-6-18(14-20(21)25)32-17-4-2-16(3-5-17)30-15-22-19(24(30)31)7-9-23(28-22)29-12-10-27-11-13-29/h6-9,14,16-17,27H,2-5,10-13,15H2. The number of aromatic nitrogens is 1. The Labute approximate surface area is 193 Å². The number of carbonyl (C=O) groups excluding carboxylic acids is 1. The highest BCUT2D eigenvalue weighted by molar-refractivity contribution is 6.33. The Bertz CT molecular complexity index is 1050. The first-order valence-electron chi connectivity index (χ1n) is 11.2. The first kappa shape index (κ1) is 21.0. The number of anilines is 1. The lowest BCUT2D eigenvalue weighted by Crippen LogP contribution is -2.43. The van der Waals surface area contributed by atoms with E-state index in [-0.39, 0.29) is 18.1 Å². The van der Waals surface area contributed by atoms with Gasteiger partial charge in [-0.1, -0.05) is 17.7 Å². The molecule has 166 valence electrons. The summed E-state index contributed by atoms with van der Waals surface area (Å²) in [6, 6.07) is 9.36. The Morgan fingerprint density at radius 2 is 1.91 bits per heavy atom. The van der Waals surface area contributed by atoms with Gasteiger partial charge in [0.2, 0.25) is 5.69 Å². The second-order valence-corrected chi connectivity index (χ2v) is 9.01. The van der Waals surface area contributed by atoms with Crippen molar-refractivity contribution in [2.24, 2.45) is 0 Å². The molecule has 0 bridgehead atoms. The fourth-order valence-electron chi connectivity index (χ4n) is 4.88. The molecule has 1 saturated carbocycles. The Kier molecular flexibility index (Phi) is 5.90. The van der Waals surface area contributed by atoms with Crippen LogP contribution in [0.2, 0.25) is 5.02 Å². The molecule has 0 unspecified atom stereocenters. The minimum absolute atomic E-state index is 0.0959. The molecule has 2 aliphatic heterocycles. The van der Waals surface area contributed by atoms with Crippen molar-refractivity contribution in [3.63, 3.8) is 0 Å². The zero-order chi connectivity index (χ0) is 22.1. The third-order valence-electron chi connectivity index (χ3n) is 6.64. The summed E-state index contributed by atoms with van der Waals surface area (Å²) < 4.78 is 6.10. The van der Waals surface area contributed by atoms with E-state index in [1.54, 1.807) is 18.2 Å². The van der Waals surface area contributed by atoms with Crippen LogP contribution < -0.4 is 15.0 Å². The second-order valence-electron chi connectivity index (χ2n) is 8.61. The lowest BCUT2D eigenvalue weighted by atomic mass is 9.92. The van der Waals surface area contributed by atoms with Gasteiger partial charge in [-0.2, -0.15) is 0 Å². The van der Waals surface area contributed by atoms with Gasteiger partial charge in [-0.05, 0) is 49.9 Å². The fraction of sp³-hybridized carbons (Fsp3) is 0.458. The molecule has 1 aliphatic carbocycles. The first-order valence-corrected chi connectivity index (χ1v) is 11.6. The molecule has 1 aromatic carbocycles. The minimum atomic E-state index is 0.0959. The quantitative estimate of drug-likeness (QED) is 0.711. The van der Waals surface area contributed by atoms with Gasteiger partial charge in [0.15, 0.2) is 0 Å². The van der Waals surface area contributed by atoms with Crippen LogP contribution in [0.25, 0.3) is 4.85 Å². The Morgan fingerprint density at radius 1 is 1.12 bits per heavy atom. The molecule has 2 aromatic rings. The molecule has 5 rings (SSSR count). The number of carbonyl (C=O) groups is 1. The van der Waals surface area contributed by atoms with Gasteiger partial charge in [0.1, 0.15) is 11.6 Å². The van der Waals surface area contributed by atoms with Gasteiger partial charge in [-0.3, -0.25) is 4.79 Å². The number of ether oxygens (including phenoxy) is 1. The van der Waals surface area contributed by atoms with Crippen molar-refractivity contribution in [3.8, 4) is 5.75 Å². The summed E-state index contributed by atoms with van der Waals surface area (Å²) >= 11 is 6.13. The predicted octanol–water partition coefficient (Wildman–Crippen LogP) is 4.04. The van der Waals surface area contributed by atoms with Crippen molar-refractivity contribution in [2.75, 3.05) is 31.1 Å². The molecule has 1 saturated heterocycles. The first-order chi connectivity index (χ1) is 15.6. The van der Waals surface area contributed by atoms with E-state index in [4.69, 9.17) is 27.9 Å². The SMILES string of the molecule is [C-]#[N+]c1ccc(OC2CCC(N3Cc4nc(N5CCNCC5)ccc4C3=O)CC2)cc1Cl. The number of amides is 1. The number of pyridine rings is 1. The van der Waals surface area contributed by atoms with E-state index < -0.39 is 0 Å². The number of piperazine rings is 1. The van der Waals surface area contributed by atoms with Crippen molar-refractivity contribution < 1.29 is 9.53 Å². The average Bonchev–Trinajstić information content (AvgIpc) is 3.16. The Morgan fingerprint density at radius 3 is 2.62 bits per heavy atom. The summed E-state index contributed by atoms with van der Waals surface area (Å²) in [5.74, 6) is 1.77. The van der Waals surface area contributed by atoms with Crippen LogP contribution in [0, 0.1) is 6.57 Å². The highest BCUT2D eigenvalue weighted by Gasteiger charge is 2.36. The van der Waals surface area contributed by atoms with Gasteiger partial charge in [0, 0.05) is 32.2 Å². The van der Waals surface area contributed by atoms with Crippen LogP contribution in [-0.2, 0) is 6.54 Å². The van der Waals surface area contributed by atoms with Crippen LogP contribution in [0.5, 0.6) is 5.75 Å². The molecule has 3 heterocycles. The molecule has 1 amide bonds. The van der Waals surface area contributed by atoms with E-state index >= 15 is 0 Å². The maximum Gasteiger partial charge on any atom is 0.256 e. The van der Waals surface area contributed by atoms with Crippen LogP contribution in [0.15, 0.2) is 30.3 Å². The molecule has 7 nitrogen and oxygen atoms in total. The summed E-state index contributed by atoms with van der Waals surface area (Å²) in [7, 11) is 0. The second kappa shape index (κ2) is 8.97. The smallest absolute Gasteiger partial charge is 0.256 e. The highest BCUT2D eigenvalue weighted by atomic mass is 35.5. The maximum absolute atomic E-state index is 13.0. The topological polar surface area (TPSA) is 62.1 Å². The largest absolute Gasteiger partial charge is 0.490 e. The maximum atomic E-state index is 13.0. The zero-order valence-electron chi connectivity index (χ0n) is 17.9. The Hall–Kier alpha value is -2.82. The lowest BCUT2D eigenvalue weighted by Gasteiger charge is -2.34. The summed E-state index contributed by atoms with van der Waals surface area (Å²) in [5.41, 5.74) is 2.08. The Balaban J connectivity index is 1.19. The van der Waals surface area contributed by atoms with E-state index in [0.717, 1.165) is 68.9 Å². The number of hydrogen-bond acceptors (Lipinski definition) is 5. The molecular weight excluding hydrogens is 426 g/mol. The van der Waals surface area contributed by atoms with Gasteiger partial charge >= 0.3 is 0 Å². The van der Waals surface area contributed by atoms with Crippen molar-refractivity contribution >= 4 is 29.0 Å². The minimum Gasteiger partial charge on any atom is -0.490 e. The van der Waals surface area contributed by atoms with E-state index in [1.807, 2.05) is 17.0 Å². The average molecular weight is 452 g/mol. The monoisotopic (exact) mass is 451 g/mol. The molecule has 3 aliphatic rings. The van der Waals surface area contributed by atoms with Crippen molar-refractivity contribution in [3.05, 3.63) is 58.0 Å². The fourth-order valence-corrected chi connectivity index (χ4v) is 5.09. The third-order valence-corrected chi connectivity index (χ3v) is 6.94. The van der Waals surface area contributed by atoms with Crippen molar-refractivity contribution in [1.29, 1.82) is 0 Å². The number of nitrogens with one attached hydrogen (secondary N) is 1. The van der Waals surface area contributed by atoms with Gasteiger partial charge in [-0.15, -0.1) is 0 Å². The number of fused-ring (bicyclic) bond motifs is 1. The summed E-state index contributed by atoms with van der Waals surface area (Å²) in [6.07, 6.45) is 3.67. The molecular formula is C24H26ClN5O2. The lowest BCUT2D eigenvalue weighted by molar-refractivity contribution is 0.0560. The normalized spacial score (nSPS) is 23.1. The summed E-state index contributed by atoms with van der Waals surface area (Å²) in [5, 5.41) is 3.78. The molecule has 1 aromatic heterocycles. The molecule has 8 heteroatoms. The highest BCUT2D eigenvalue weighted by Crippen LogP contribution is 2.34. The van der Waals surface area contributed by atoms with E-state index in [0.29, 0.717) is 23.0 Å². The van der Waals surface area contributed by atoms with Crippen LogP contribution in [0.3, 0.4) is 0 Å². The molecule has 0 radical (unpaired) electrons. The van der Waals surface area contributed by atoms with E-state index in [9.17, 15) is 4.79 Å². The van der Waals surface area contributed by atoms with Gasteiger partial charge in [-0.25, -0.2) is 9.83 Å².